The monoisotopic (exact) mass is 294 g/mol. The normalized spacial score (nSPS) is 30.5. The lowest BCUT2D eigenvalue weighted by Crippen LogP contribution is -2.50. The Labute approximate surface area is 111 Å². The van der Waals surface area contributed by atoms with Crippen molar-refractivity contribution < 1.29 is 32.9 Å². The van der Waals surface area contributed by atoms with Crippen molar-refractivity contribution in [2.75, 3.05) is 0 Å². The minimum absolute atomic E-state index is 0.00872. The zero-order chi connectivity index (χ0) is 15.1. The van der Waals surface area contributed by atoms with Gasteiger partial charge in [-0.15, -0.1) is 0 Å². The third kappa shape index (κ3) is 2.50. The maximum Gasteiger partial charge on any atom is 0.491 e. The van der Waals surface area contributed by atoms with Gasteiger partial charge in [-0.1, -0.05) is 0 Å². The molecule has 0 aliphatic heterocycles. The van der Waals surface area contributed by atoms with Gasteiger partial charge in [-0.25, -0.2) is 4.79 Å². The third-order valence-electron chi connectivity index (χ3n) is 3.21. The Hall–Kier alpha value is -1.61. The molecule has 0 saturated heterocycles. The maximum atomic E-state index is 12.2. The van der Waals surface area contributed by atoms with Gasteiger partial charge < -0.3 is 14.9 Å². The molecule has 0 amide bonds. The number of rotatable bonds is 2. The molecule has 1 aliphatic rings. The summed E-state index contributed by atoms with van der Waals surface area (Å²) in [6.07, 6.45) is -3.81. The van der Waals surface area contributed by atoms with Crippen LogP contribution < -0.4 is 0 Å². The molecule has 1 aromatic heterocycles. The van der Waals surface area contributed by atoms with E-state index in [2.05, 4.69) is 9.84 Å². The largest absolute Gasteiger partial charge is 0.491 e. The second-order valence-electron chi connectivity index (χ2n) is 4.75. The molecule has 2 rings (SSSR count). The van der Waals surface area contributed by atoms with Gasteiger partial charge in [-0.05, 0) is 25.3 Å². The molecule has 0 radical (unpaired) electrons. The number of aromatic nitrogens is 2. The molecule has 6 nitrogen and oxygen atoms in total. The van der Waals surface area contributed by atoms with Crippen LogP contribution in [0.5, 0.6) is 0 Å². The standard InChI is InChI=1S/C11H13F3N2O4/c1-6-4-15-16(5-6)7-2-3-8(17)10(7,19)20-9(18)11(12,13)14/h4-5,7-8,17,19H,2-3H2,1H3. The number of aliphatic hydroxyl groups is 2. The summed E-state index contributed by atoms with van der Waals surface area (Å²) in [6, 6.07) is -1.07. The topological polar surface area (TPSA) is 84.6 Å². The molecule has 3 atom stereocenters. The number of ether oxygens (including phenoxy) is 1. The fourth-order valence-corrected chi connectivity index (χ4v) is 2.22. The summed E-state index contributed by atoms with van der Waals surface area (Å²) in [5.41, 5.74) is 0.718. The molecule has 1 saturated carbocycles. The van der Waals surface area contributed by atoms with Crippen LogP contribution in [0.1, 0.15) is 24.4 Å². The molecule has 0 aromatic carbocycles. The molecular weight excluding hydrogens is 281 g/mol. The average molecular weight is 294 g/mol. The van der Waals surface area contributed by atoms with Gasteiger partial charge in [0.2, 0.25) is 0 Å². The molecule has 2 N–H and O–H groups in total. The number of hydrogen-bond acceptors (Lipinski definition) is 5. The van der Waals surface area contributed by atoms with Crippen molar-refractivity contribution in [3.8, 4) is 0 Å². The fourth-order valence-electron chi connectivity index (χ4n) is 2.22. The number of halogens is 3. The first kappa shape index (κ1) is 14.8. The van der Waals surface area contributed by atoms with Crippen molar-refractivity contribution in [2.45, 2.75) is 43.9 Å². The van der Waals surface area contributed by atoms with Gasteiger partial charge in [0.25, 0.3) is 5.79 Å². The Morgan fingerprint density at radius 2 is 2.20 bits per heavy atom. The smallest absolute Gasteiger partial charge is 0.421 e. The Bertz CT molecular complexity index is 516. The van der Waals surface area contributed by atoms with Gasteiger partial charge in [-0.3, -0.25) is 4.68 Å². The van der Waals surface area contributed by atoms with Crippen LogP contribution in [0, 0.1) is 6.92 Å². The number of carbonyl (C=O) groups excluding carboxylic acids is 1. The zero-order valence-corrected chi connectivity index (χ0v) is 10.5. The van der Waals surface area contributed by atoms with E-state index in [9.17, 15) is 28.2 Å². The Kier molecular flexibility index (Phi) is 3.51. The molecule has 112 valence electrons. The van der Waals surface area contributed by atoms with Crippen molar-refractivity contribution in [3.05, 3.63) is 18.0 Å². The predicted octanol–water partition coefficient (Wildman–Crippen LogP) is 0.681. The molecule has 3 unspecified atom stereocenters. The first-order valence-corrected chi connectivity index (χ1v) is 5.86. The molecule has 1 heterocycles. The highest BCUT2D eigenvalue weighted by Gasteiger charge is 2.57. The summed E-state index contributed by atoms with van der Waals surface area (Å²) in [7, 11) is 0. The number of aliphatic hydroxyl groups excluding tert-OH is 1. The van der Waals surface area contributed by atoms with Crippen LogP contribution >= 0.6 is 0 Å². The van der Waals surface area contributed by atoms with Gasteiger partial charge in [-0.2, -0.15) is 18.3 Å². The van der Waals surface area contributed by atoms with Crippen LogP contribution in [0.3, 0.4) is 0 Å². The minimum atomic E-state index is -5.25. The van der Waals surface area contributed by atoms with E-state index in [1.54, 1.807) is 6.92 Å². The highest BCUT2D eigenvalue weighted by atomic mass is 19.4. The Balaban J connectivity index is 2.27. The van der Waals surface area contributed by atoms with E-state index in [0.717, 1.165) is 5.56 Å². The number of alkyl halides is 3. The van der Waals surface area contributed by atoms with Crippen LogP contribution in [-0.2, 0) is 9.53 Å². The van der Waals surface area contributed by atoms with E-state index in [1.807, 2.05) is 0 Å². The molecule has 9 heteroatoms. The van der Waals surface area contributed by atoms with Crippen LogP contribution in [0.25, 0.3) is 0 Å². The lowest BCUT2D eigenvalue weighted by Gasteiger charge is -2.32. The summed E-state index contributed by atoms with van der Waals surface area (Å²) in [5, 5.41) is 23.7. The Morgan fingerprint density at radius 1 is 1.55 bits per heavy atom. The van der Waals surface area contributed by atoms with E-state index in [-0.39, 0.29) is 12.8 Å². The fraction of sp³-hybridized carbons (Fsp3) is 0.636. The summed E-state index contributed by atoms with van der Waals surface area (Å²) >= 11 is 0. The van der Waals surface area contributed by atoms with Crippen LogP contribution in [-0.4, -0.2) is 44.0 Å². The lowest BCUT2D eigenvalue weighted by molar-refractivity contribution is -0.277. The molecule has 1 fully saturated rings. The number of nitrogens with zero attached hydrogens (tertiary/aromatic N) is 2. The second kappa shape index (κ2) is 4.74. The maximum absolute atomic E-state index is 12.2. The third-order valence-corrected chi connectivity index (χ3v) is 3.21. The quantitative estimate of drug-likeness (QED) is 0.619. The van der Waals surface area contributed by atoms with Crippen LogP contribution in [0.4, 0.5) is 13.2 Å². The lowest BCUT2D eigenvalue weighted by atomic mass is 10.1. The van der Waals surface area contributed by atoms with Crippen molar-refractivity contribution in [3.63, 3.8) is 0 Å². The highest BCUT2D eigenvalue weighted by Crippen LogP contribution is 2.41. The zero-order valence-electron chi connectivity index (χ0n) is 10.5. The number of carbonyl (C=O) groups is 1. The van der Waals surface area contributed by atoms with E-state index < -0.39 is 30.1 Å². The summed E-state index contributed by atoms with van der Waals surface area (Å²) in [4.78, 5) is 10.9. The first-order chi connectivity index (χ1) is 9.14. The van der Waals surface area contributed by atoms with E-state index in [1.165, 1.54) is 17.1 Å². The summed E-state index contributed by atoms with van der Waals surface area (Å²) < 4.78 is 42.1. The van der Waals surface area contributed by atoms with E-state index in [4.69, 9.17) is 0 Å². The Morgan fingerprint density at radius 3 is 2.70 bits per heavy atom. The molecule has 0 spiro atoms. The van der Waals surface area contributed by atoms with Crippen molar-refractivity contribution in [2.24, 2.45) is 0 Å². The molecule has 0 bridgehead atoms. The van der Waals surface area contributed by atoms with Crippen molar-refractivity contribution >= 4 is 5.97 Å². The number of hydrogen-bond donors (Lipinski definition) is 2. The average Bonchev–Trinajstić information content (AvgIpc) is 2.84. The number of esters is 1. The van der Waals surface area contributed by atoms with Gasteiger partial charge in [0.15, 0.2) is 0 Å². The van der Waals surface area contributed by atoms with Crippen molar-refractivity contribution in [1.29, 1.82) is 0 Å². The summed E-state index contributed by atoms with van der Waals surface area (Å²) in [5.74, 6) is -5.19. The van der Waals surface area contributed by atoms with Crippen LogP contribution in [0.15, 0.2) is 12.4 Å². The molecular formula is C11H13F3N2O4. The molecule has 20 heavy (non-hydrogen) atoms. The number of aryl methyl sites for hydroxylation is 1. The predicted molar refractivity (Wildman–Crippen MR) is 58.3 cm³/mol. The van der Waals surface area contributed by atoms with Gasteiger partial charge in [0, 0.05) is 6.20 Å². The van der Waals surface area contributed by atoms with Gasteiger partial charge in [0.1, 0.15) is 12.1 Å². The van der Waals surface area contributed by atoms with E-state index in [0.29, 0.717) is 0 Å². The van der Waals surface area contributed by atoms with Crippen LogP contribution in [0.2, 0.25) is 0 Å². The second-order valence-corrected chi connectivity index (χ2v) is 4.75. The van der Waals surface area contributed by atoms with Gasteiger partial charge in [0.05, 0.1) is 6.20 Å². The first-order valence-electron chi connectivity index (χ1n) is 5.86. The molecule has 1 aliphatic carbocycles. The molecule has 1 aromatic rings. The van der Waals surface area contributed by atoms with Crippen molar-refractivity contribution in [1.82, 2.24) is 9.78 Å². The summed E-state index contributed by atoms with van der Waals surface area (Å²) in [6.45, 7) is 1.70. The van der Waals surface area contributed by atoms with E-state index >= 15 is 0 Å². The van der Waals surface area contributed by atoms with Gasteiger partial charge >= 0.3 is 12.1 Å². The minimum Gasteiger partial charge on any atom is -0.421 e. The SMILES string of the molecule is Cc1cnn(C2CCC(O)C2(O)OC(=O)C(F)(F)F)c1. The highest BCUT2D eigenvalue weighted by molar-refractivity contribution is 5.76.